The number of esters is 2. The third-order valence-electron chi connectivity index (χ3n) is 19.5. The van der Waals surface area contributed by atoms with Crippen molar-refractivity contribution in [3.05, 3.63) is 34.9 Å². The van der Waals surface area contributed by atoms with Crippen molar-refractivity contribution in [2.24, 2.45) is 86.8 Å². The maximum absolute atomic E-state index is 11.6. The molecule has 314 valence electrons. The second-order valence-electron chi connectivity index (χ2n) is 22.4. The van der Waals surface area contributed by atoms with Gasteiger partial charge in [0.25, 0.3) is 0 Å². The van der Waals surface area contributed by atoms with Crippen molar-refractivity contribution in [2.75, 3.05) is 14.2 Å². The Bertz CT molecular complexity index is 1510. The molecule has 4 nitrogen and oxygen atoms in total. The number of hydrogen-bond acceptors (Lipinski definition) is 4. The molecule has 8 aliphatic rings. The Morgan fingerprint density at radius 1 is 0.661 bits per heavy atom. The molecular formula is C52H82O4. The fraction of sp³-hybridized carbons (Fsp3) is 0.846. The summed E-state index contributed by atoms with van der Waals surface area (Å²) in [6, 6.07) is 0. The third kappa shape index (κ3) is 7.36. The van der Waals surface area contributed by atoms with E-state index in [0.717, 1.165) is 66.1 Å². The Hall–Kier alpha value is -1.84. The number of ether oxygens (including phenoxy) is 2. The smallest absolute Gasteiger partial charge is 0.305 e. The van der Waals surface area contributed by atoms with Gasteiger partial charge in [-0.25, -0.2) is 0 Å². The maximum Gasteiger partial charge on any atom is 0.305 e. The van der Waals surface area contributed by atoms with Crippen molar-refractivity contribution in [3.8, 4) is 0 Å². The van der Waals surface area contributed by atoms with E-state index in [1.165, 1.54) is 111 Å². The van der Waals surface area contributed by atoms with E-state index in [4.69, 9.17) is 9.47 Å². The summed E-state index contributed by atoms with van der Waals surface area (Å²) >= 11 is 0. The van der Waals surface area contributed by atoms with Crippen LogP contribution in [0.5, 0.6) is 0 Å². The number of fused-ring (bicyclic) bond motifs is 10. The van der Waals surface area contributed by atoms with Gasteiger partial charge in [-0.2, -0.15) is 0 Å². The minimum absolute atomic E-state index is 0.0462. The number of allylic oxidation sites excluding steroid dienone is 6. The van der Waals surface area contributed by atoms with Gasteiger partial charge >= 0.3 is 11.9 Å². The summed E-state index contributed by atoms with van der Waals surface area (Å²) in [6.07, 6.45) is 31.8. The molecule has 8 rings (SSSR count). The van der Waals surface area contributed by atoms with Crippen LogP contribution in [0.1, 0.15) is 177 Å². The summed E-state index contributed by atoms with van der Waals surface area (Å²) < 4.78 is 9.75. The molecule has 0 radical (unpaired) electrons. The lowest BCUT2D eigenvalue weighted by molar-refractivity contribution is -0.141. The van der Waals surface area contributed by atoms with Gasteiger partial charge in [-0.05, 0) is 196 Å². The van der Waals surface area contributed by atoms with Crippen LogP contribution in [0.4, 0.5) is 0 Å². The first kappa shape index (κ1) is 42.3. The quantitative estimate of drug-likeness (QED) is 0.182. The average Bonchev–Trinajstić information content (AvgIpc) is 3.73. The van der Waals surface area contributed by atoms with Gasteiger partial charge in [0.15, 0.2) is 0 Å². The highest BCUT2D eigenvalue weighted by atomic mass is 16.5. The van der Waals surface area contributed by atoms with Crippen molar-refractivity contribution >= 4 is 11.9 Å². The largest absolute Gasteiger partial charge is 0.469 e. The Morgan fingerprint density at radius 2 is 1.20 bits per heavy atom. The monoisotopic (exact) mass is 771 g/mol. The molecule has 0 N–H and O–H groups in total. The van der Waals surface area contributed by atoms with Gasteiger partial charge in [-0.1, -0.05) is 90.3 Å². The van der Waals surface area contributed by atoms with Crippen LogP contribution >= 0.6 is 0 Å². The topological polar surface area (TPSA) is 52.6 Å². The summed E-state index contributed by atoms with van der Waals surface area (Å²) in [5.41, 5.74) is 7.04. The molecule has 0 bridgehead atoms. The Kier molecular flexibility index (Phi) is 12.3. The van der Waals surface area contributed by atoms with Crippen LogP contribution < -0.4 is 0 Å². The molecule has 0 aromatic carbocycles. The minimum atomic E-state index is -0.0734. The lowest BCUT2D eigenvalue weighted by atomic mass is 9.48. The zero-order chi connectivity index (χ0) is 40.2. The van der Waals surface area contributed by atoms with Crippen LogP contribution in [0.2, 0.25) is 0 Å². The molecule has 5 saturated carbocycles. The Morgan fingerprint density at radius 3 is 1.77 bits per heavy atom. The summed E-state index contributed by atoms with van der Waals surface area (Å²) in [6.45, 7) is 20.0. The molecule has 0 aromatic rings. The van der Waals surface area contributed by atoms with E-state index in [-0.39, 0.29) is 11.9 Å². The van der Waals surface area contributed by atoms with Crippen molar-refractivity contribution in [3.63, 3.8) is 0 Å². The lowest BCUT2D eigenvalue weighted by Crippen LogP contribution is -2.48. The van der Waals surface area contributed by atoms with Gasteiger partial charge in [0.05, 0.1) is 14.2 Å². The van der Waals surface area contributed by atoms with Gasteiger partial charge in [0.2, 0.25) is 0 Å². The van der Waals surface area contributed by atoms with E-state index in [9.17, 15) is 9.59 Å². The molecule has 0 amide bonds. The predicted octanol–water partition coefficient (Wildman–Crippen LogP) is 13.5. The fourth-order valence-electron chi connectivity index (χ4n) is 16.1. The number of carbonyl (C=O) groups is 2. The number of hydrogen-bond donors (Lipinski definition) is 0. The molecule has 0 heterocycles. The summed E-state index contributed by atoms with van der Waals surface area (Å²) in [5, 5.41) is 0. The lowest BCUT2D eigenvalue weighted by Gasteiger charge is -2.57. The first-order valence-electron chi connectivity index (χ1n) is 23.8. The normalized spacial score (nSPS) is 44.6. The SMILES string of the molecule is COC(=O)CC[C@@H](C)C1=CCC2C3CC[C@@H]4C[C@H](C)CC[C@]4(C)C3=CC[C@]12C.COC(=O)CC[C@@H](C)[C@H]1CCC2C3CC[C@@H]4C[C@H](C)CC[C@]4(C)C3=CC[C@@]21C. The van der Waals surface area contributed by atoms with Crippen LogP contribution in [0, 0.1) is 86.8 Å². The first-order chi connectivity index (χ1) is 26.6. The molecule has 5 fully saturated rings. The fourth-order valence-corrected chi connectivity index (χ4v) is 16.1. The van der Waals surface area contributed by atoms with E-state index < -0.39 is 0 Å². The van der Waals surface area contributed by atoms with Crippen molar-refractivity contribution in [1.29, 1.82) is 0 Å². The standard InChI is InChI=1S/C26H42O2.C26H40O2/c2*1-17-12-14-25(3)19(16-17)7-8-20-22-10-9-21(18(2)6-11-24(27)28-5)26(22,4)15-13-23(20)25/h13,17-22H,6-12,14-16H2,1-5H3;9,13,17-20,22H,6-8,10-12,14-16H2,1-5H3/t17-,18-,19-,20?,21-,22?,25+,26-;17-,18-,19-,20?,22?,25+,26-/m11/s1. The van der Waals surface area contributed by atoms with Gasteiger partial charge < -0.3 is 9.47 Å². The summed E-state index contributed by atoms with van der Waals surface area (Å²) in [7, 11) is 3.01. The highest BCUT2D eigenvalue weighted by Gasteiger charge is 2.58. The van der Waals surface area contributed by atoms with Crippen LogP contribution in [0.15, 0.2) is 34.9 Å². The van der Waals surface area contributed by atoms with Crippen molar-refractivity contribution in [2.45, 2.75) is 177 Å². The summed E-state index contributed by atoms with van der Waals surface area (Å²) in [4.78, 5) is 23.3. The molecule has 56 heavy (non-hydrogen) atoms. The van der Waals surface area contributed by atoms with Gasteiger partial charge in [0.1, 0.15) is 0 Å². The number of carbonyl (C=O) groups excluding carboxylic acids is 2. The van der Waals surface area contributed by atoms with E-state index in [1.807, 2.05) is 11.1 Å². The molecule has 0 saturated heterocycles. The van der Waals surface area contributed by atoms with Crippen molar-refractivity contribution < 1.29 is 19.1 Å². The van der Waals surface area contributed by atoms with Gasteiger partial charge in [0, 0.05) is 12.8 Å². The minimum Gasteiger partial charge on any atom is -0.469 e. The highest BCUT2D eigenvalue weighted by molar-refractivity contribution is 5.69. The van der Waals surface area contributed by atoms with Crippen LogP contribution in [-0.4, -0.2) is 26.2 Å². The molecule has 0 spiro atoms. The molecule has 8 aliphatic carbocycles. The molecule has 15 atom stereocenters. The molecule has 0 aromatic heterocycles. The molecule has 0 aliphatic heterocycles. The van der Waals surface area contributed by atoms with Crippen LogP contribution in [0.25, 0.3) is 0 Å². The third-order valence-corrected chi connectivity index (χ3v) is 19.5. The number of rotatable bonds is 8. The van der Waals surface area contributed by atoms with E-state index in [1.54, 1.807) is 5.57 Å². The zero-order valence-corrected chi connectivity index (χ0v) is 37.7. The molecular weight excluding hydrogens is 689 g/mol. The van der Waals surface area contributed by atoms with E-state index in [2.05, 4.69) is 73.6 Å². The van der Waals surface area contributed by atoms with Gasteiger partial charge in [-0.15, -0.1) is 0 Å². The highest BCUT2D eigenvalue weighted by Crippen LogP contribution is 2.68. The maximum atomic E-state index is 11.6. The average molecular weight is 771 g/mol. The second kappa shape index (κ2) is 16.3. The van der Waals surface area contributed by atoms with E-state index in [0.29, 0.717) is 46.3 Å². The Balaban J connectivity index is 0.000000172. The first-order valence-corrected chi connectivity index (χ1v) is 23.8. The predicted molar refractivity (Wildman–Crippen MR) is 230 cm³/mol. The van der Waals surface area contributed by atoms with Crippen LogP contribution in [-0.2, 0) is 19.1 Å². The summed E-state index contributed by atoms with van der Waals surface area (Å²) in [5.74, 6) is 8.70. The van der Waals surface area contributed by atoms with E-state index >= 15 is 0 Å². The Labute approximate surface area is 343 Å². The van der Waals surface area contributed by atoms with Gasteiger partial charge in [-0.3, -0.25) is 9.59 Å². The molecule has 4 unspecified atom stereocenters. The van der Waals surface area contributed by atoms with Crippen LogP contribution in [0.3, 0.4) is 0 Å². The zero-order valence-electron chi connectivity index (χ0n) is 37.7. The molecule has 4 heteroatoms. The number of methoxy groups -OCH3 is 2. The second-order valence-corrected chi connectivity index (χ2v) is 22.4. The van der Waals surface area contributed by atoms with Crippen molar-refractivity contribution in [1.82, 2.24) is 0 Å².